The van der Waals surface area contributed by atoms with E-state index in [1.165, 1.54) is 5.56 Å². The molecule has 1 spiro atoms. The lowest BCUT2D eigenvalue weighted by Gasteiger charge is -2.40. The molecule has 1 fully saturated rings. The van der Waals surface area contributed by atoms with Crippen LogP contribution >= 0.6 is 23.2 Å². The highest BCUT2D eigenvalue weighted by Gasteiger charge is 2.46. The van der Waals surface area contributed by atoms with Gasteiger partial charge in [0.05, 0.1) is 0 Å². The van der Waals surface area contributed by atoms with E-state index in [1.807, 2.05) is 35.2 Å². The van der Waals surface area contributed by atoms with Crippen molar-refractivity contribution in [3.63, 3.8) is 0 Å². The fourth-order valence-electron chi connectivity index (χ4n) is 5.15. The largest absolute Gasteiger partial charge is 0.307 e. The van der Waals surface area contributed by atoms with Gasteiger partial charge in [0.1, 0.15) is 5.15 Å². The summed E-state index contributed by atoms with van der Waals surface area (Å²) < 4.78 is 0. The third-order valence-electron chi connectivity index (χ3n) is 6.65. The molecule has 0 radical (unpaired) electrons. The zero-order chi connectivity index (χ0) is 22.8. The average molecular weight is 478 g/mol. The van der Waals surface area contributed by atoms with Gasteiger partial charge in [0.25, 0.3) is 5.91 Å². The van der Waals surface area contributed by atoms with Gasteiger partial charge in [-0.25, -0.2) is 4.98 Å². The standard InChI is InChI=1S/C27H25Cl2N3O/c28-22-10-8-20(9-11-22)5-3-15-31-16-4-13-27(18-31)19-32(24-7-2-1-6-23(24)27)26(33)21-12-14-30-25(29)17-21/h1-3,5-12,14,17H,4,13,15-16,18-19H2. The quantitative estimate of drug-likeness (QED) is 0.426. The van der Waals surface area contributed by atoms with E-state index in [2.05, 4.69) is 40.2 Å². The molecule has 33 heavy (non-hydrogen) atoms. The number of carbonyl (C=O) groups is 1. The molecule has 0 bridgehead atoms. The van der Waals surface area contributed by atoms with Gasteiger partial charge in [-0.05, 0) is 60.8 Å². The van der Waals surface area contributed by atoms with E-state index in [1.54, 1.807) is 18.3 Å². The van der Waals surface area contributed by atoms with Crippen molar-refractivity contribution in [1.29, 1.82) is 0 Å². The van der Waals surface area contributed by atoms with E-state index in [4.69, 9.17) is 23.2 Å². The number of hydrogen-bond donors (Lipinski definition) is 0. The van der Waals surface area contributed by atoms with Crippen molar-refractivity contribution in [3.8, 4) is 0 Å². The number of pyridine rings is 1. The molecule has 0 N–H and O–H groups in total. The summed E-state index contributed by atoms with van der Waals surface area (Å²) in [5.74, 6) is -0.0246. The molecule has 5 rings (SSSR count). The smallest absolute Gasteiger partial charge is 0.258 e. The van der Waals surface area contributed by atoms with Crippen molar-refractivity contribution in [2.24, 2.45) is 0 Å². The Morgan fingerprint density at radius 1 is 1.06 bits per heavy atom. The van der Waals surface area contributed by atoms with Crippen LogP contribution in [-0.4, -0.2) is 42.0 Å². The van der Waals surface area contributed by atoms with Gasteiger partial charge in [0, 0.05) is 47.5 Å². The number of amides is 1. The van der Waals surface area contributed by atoms with E-state index in [0.29, 0.717) is 17.3 Å². The van der Waals surface area contributed by atoms with Crippen molar-refractivity contribution in [3.05, 3.63) is 99.8 Å². The van der Waals surface area contributed by atoms with Crippen molar-refractivity contribution in [1.82, 2.24) is 9.88 Å². The van der Waals surface area contributed by atoms with Crippen molar-refractivity contribution in [2.75, 3.05) is 31.1 Å². The highest BCUT2D eigenvalue weighted by molar-refractivity contribution is 6.30. The number of carbonyl (C=O) groups excluding carboxylic acids is 1. The first-order valence-electron chi connectivity index (χ1n) is 11.2. The van der Waals surface area contributed by atoms with E-state index < -0.39 is 0 Å². The Labute approximate surface area is 204 Å². The molecule has 3 aromatic rings. The topological polar surface area (TPSA) is 36.4 Å². The number of nitrogens with zero attached hydrogens (tertiary/aromatic N) is 3. The second-order valence-electron chi connectivity index (χ2n) is 8.85. The lowest BCUT2D eigenvalue weighted by atomic mass is 9.75. The van der Waals surface area contributed by atoms with Crippen LogP contribution in [0.3, 0.4) is 0 Å². The number of fused-ring (bicyclic) bond motifs is 2. The first kappa shape index (κ1) is 22.1. The van der Waals surface area contributed by atoms with Crippen LogP contribution in [0.25, 0.3) is 6.08 Å². The molecule has 1 unspecified atom stereocenters. The van der Waals surface area contributed by atoms with E-state index in [9.17, 15) is 4.79 Å². The summed E-state index contributed by atoms with van der Waals surface area (Å²) in [5, 5.41) is 1.08. The molecular weight excluding hydrogens is 453 g/mol. The second-order valence-corrected chi connectivity index (χ2v) is 9.67. The van der Waals surface area contributed by atoms with Crippen molar-refractivity contribution < 1.29 is 4.79 Å². The molecule has 1 atom stereocenters. The fraction of sp³-hybridized carbons (Fsp3) is 0.259. The van der Waals surface area contributed by atoms with Gasteiger partial charge in [0.15, 0.2) is 0 Å². The number of benzene rings is 2. The van der Waals surface area contributed by atoms with Crippen molar-refractivity contribution >= 4 is 40.9 Å². The molecule has 6 heteroatoms. The number of aromatic nitrogens is 1. The molecule has 1 amide bonds. The number of piperidine rings is 1. The monoisotopic (exact) mass is 477 g/mol. The maximum atomic E-state index is 13.4. The van der Waals surface area contributed by atoms with Crippen LogP contribution in [0.2, 0.25) is 10.2 Å². The van der Waals surface area contributed by atoms with Gasteiger partial charge in [-0.3, -0.25) is 9.69 Å². The summed E-state index contributed by atoms with van der Waals surface area (Å²) >= 11 is 12.0. The van der Waals surface area contributed by atoms with Crippen LogP contribution in [-0.2, 0) is 5.41 Å². The molecule has 1 saturated heterocycles. The maximum Gasteiger partial charge on any atom is 0.258 e. The number of likely N-dealkylation sites (tertiary alicyclic amines) is 1. The number of para-hydroxylation sites is 1. The normalized spacial score (nSPS) is 20.5. The van der Waals surface area contributed by atoms with Gasteiger partial charge in [-0.2, -0.15) is 0 Å². The van der Waals surface area contributed by atoms with Gasteiger partial charge in [0.2, 0.25) is 0 Å². The van der Waals surface area contributed by atoms with Crippen LogP contribution < -0.4 is 4.90 Å². The average Bonchev–Trinajstić information content (AvgIpc) is 3.14. The van der Waals surface area contributed by atoms with E-state index >= 15 is 0 Å². The molecule has 0 aliphatic carbocycles. The third kappa shape index (κ3) is 4.56. The Balaban J connectivity index is 1.36. The molecule has 2 aliphatic rings. The van der Waals surface area contributed by atoms with Crippen LogP contribution in [0.5, 0.6) is 0 Å². The van der Waals surface area contributed by atoms with Crippen LogP contribution in [0.4, 0.5) is 5.69 Å². The Kier molecular flexibility index (Phi) is 6.24. The predicted octanol–water partition coefficient (Wildman–Crippen LogP) is 6.10. The van der Waals surface area contributed by atoms with Gasteiger partial charge >= 0.3 is 0 Å². The number of halogens is 2. The molecule has 4 nitrogen and oxygen atoms in total. The number of rotatable bonds is 4. The van der Waals surface area contributed by atoms with Crippen LogP contribution in [0.15, 0.2) is 72.9 Å². The van der Waals surface area contributed by atoms with Crippen LogP contribution in [0.1, 0.15) is 34.3 Å². The minimum absolute atomic E-state index is 0.0246. The molecule has 168 valence electrons. The molecule has 0 saturated carbocycles. The Morgan fingerprint density at radius 3 is 2.70 bits per heavy atom. The first-order chi connectivity index (χ1) is 16.0. The van der Waals surface area contributed by atoms with Gasteiger partial charge in [-0.1, -0.05) is 65.7 Å². The highest BCUT2D eigenvalue weighted by Crippen LogP contribution is 2.46. The van der Waals surface area contributed by atoms with E-state index in [0.717, 1.165) is 48.7 Å². The minimum atomic E-state index is -0.0601. The molecule has 2 aliphatic heterocycles. The predicted molar refractivity (Wildman–Crippen MR) is 135 cm³/mol. The van der Waals surface area contributed by atoms with E-state index in [-0.39, 0.29) is 11.3 Å². The second kappa shape index (κ2) is 9.30. The maximum absolute atomic E-state index is 13.4. The lowest BCUT2D eigenvalue weighted by molar-refractivity contribution is 0.0975. The van der Waals surface area contributed by atoms with Gasteiger partial charge < -0.3 is 4.90 Å². The molecular formula is C27H25Cl2N3O. The summed E-state index contributed by atoms with van der Waals surface area (Å²) in [4.78, 5) is 21.9. The third-order valence-corrected chi connectivity index (χ3v) is 7.10. The first-order valence-corrected chi connectivity index (χ1v) is 12.0. The Morgan fingerprint density at radius 2 is 1.88 bits per heavy atom. The Bertz CT molecular complexity index is 1190. The fourth-order valence-corrected chi connectivity index (χ4v) is 5.45. The SMILES string of the molecule is O=C(c1ccnc(Cl)c1)N1CC2(CCCN(CC=Cc3ccc(Cl)cc3)C2)c2ccccc21. The molecule has 2 aromatic carbocycles. The Hall–Kier alpha value is -2.66. The van der Waals surface area contributed by atoms with Crippen LogP contribution in [0, 0.1) is 0 Å². The minimum Gasteiger partial charge on any atom is -0.307 e. The lowest BCUT2D eigenvalue weighted by Crippen LogP contribution is -2.49. The summed E-state index contributed by atoms with van der Waals surface area (Å²) in [5.41, 5.74) is 3.93. The zero-order valence-electron chi connectivity index (χ0n) is 18.3. The van der Waals surface area contributed by atoms with Crippen molar-refractivity contribution in [2.45, 2.75) is 18.3 Å². The highest BCUT2D eigenvalue weighted by atomic mass is 35.5. The summed E-state index contributed by atoms with van der Waals surface area (Å²) in [7, 11) is 0. The molecule has 1 aromatic heterocycles. The summed E-state index contributed by atoms with van der Waals surface area (Å²) in [6.45, 7) is 3.54. The zero-order valence-corrected chi connectivity index (χ0v) is 19.8. The molecule has 3 heterocycles. The summed E-state index contributed by atoms with van der Waals surface area (Å²) in [6, 6.07) is 19.6. The number of hydrogen-bond acceptors (Lipinski definition) is 3. The van der Waals surface area contributed by atoms with Gasteiger partial charge in [-0.15, -0.1) is 0 Å². The summed E-state index contributed by atoms with van der Waals surface area (Å²) in [6.07, 6.45) is 8.12. The number of anilines is 1.